The number of aromatic amines is 1. The van der Waals surface area contributed by atoms with Crippen LogP contribution < -0.4 is 4.74 Å². The lowest BCUT2D eigenvalue weighted by Gasteiger charge is -2.20. The number of fused-ring (bicyclic) bond motifs is 1. The van der Waals surface area contributed by atoms with Crippen molar-refractivity contribution in [2.75, 3.05) is 6.61 Å². The second kappa shape index (κ2) is 9.19. The Balaban J connectivity index is 1.72. The zero-order valence-corrected chi connectivity index (χ0v) is 18.2. The number of ether oxygens (including phenoxy) is 1. The molecule has 1 aromatic heterocycles. The van der Waals surface area contributed by atoms with E-state index < -0.39 is 24.3 Å². The lowest BCUT2D eigenvalue weighted by molar-refractivity contribution is -0.139. The number of rotatable bonds is 7. The molecule has 9 heteroatoms. The zero-order chi connectivity index (χ0) is 23.6. The van der Waals surface area contributed by atoms with Crippen molar-refractivity contribution in [3.8, 4) is 5.75 Å². The smallest absolute Gasteiger partial charge is 0.416 e. The van der Waals surface area contributed by atoms with Gasteiger partial charge in [-0.3, -0.25) is 5.10 Å². The maximum Gasteiger partial charge on any atom is 0.416 e. The molecule has 1 atom stereocenters. The van der Waals surface area contributed by atoms with Crippen LogP contribution in [-0.4, -0.2) is 27.9 Å². The summed E-state index contributed by atoms with van der Waals surface area (Å²) in [6.45, 7) is 1.37. The first kappa shape index (κ1) is 22.7. The van der Waals surface area contributed by atoms with E-state index in [2.05, 4.69) is 10.2 Å². The van der Waals surface area contributed by atoms with Crippen LogP contribution in [0.25, 0.3) is 10.9 Å². The zero-order valence-electron chi connectivity index (χ0n) is 17.4. The summed E-state index contributed by atoms with van der Waals surface area (Å²) in [5.41, 5.74) is 2.46. The van der Waals surface area contributed by atoms with Crippen LogP contribution in [-0.2, 0) is 11.0 Å². The van der Waals surface area contributed by atoms with Crippen LogP contribution in [0, 0.1) is 6.92 Å². The highest BCUT2D eigenvalue weighted by molar-refractivity contribution is 7.99. The number of carbonyl (C=O) groups is 1. The summed E-state index contributed by atoms with van der Waals surface area (Å²) in [5.74, 6) is -0.605. The number of hydrogen-bond acceptors (Lipinski definition) is 4. The second-order valence-electron chi connectivity index (χ2n) is 7.41. The maximum atomic E-state index is 13.1. The van der Waals surface area contributed by atoms with Gasteiger partial charge >= 0.3 is 12.1 Å². The first-order valence-electron chi connectivity index (χ1n) is 9.93. The monoisotopic (exact) mass is 472 g/mol. The van der Waals surface area contributed by atoms with Gasteiger partial charge in [-0.2, -0.15) is 18.3 Å². The molecule has 1 unspecified atom stereocenters. The number of para-hydroxylation sites is 1. The first-order valence-corrected chi connectivity index (χ1v) is 10.8. The van der Waals surface area contributed by atoms with Gasteiger partial charge in [-0.1, -0.05) is 30.3 Å². The molecule has 0 bridgehead atoms. The Morgan fingerprint density at radius 1 is 1.15 bits per heavy atom. The van der Waals surface area contributed by atoms with E-state index in [-0.39, 0.29) is 5.25 Å². The third kappa shape index (κ3) is 5.14. The van der Waals surface area contributed by atoms with Crippen molar-refractivity contribution in [1.82, 2.24) is 10.2 Å². The van der Waals surface area contributed by atoms with Crippen molar-refractivity contribution in [1.29, 1.82) is 0 Å². The molecule has 0 aliphatic rings. The molecule has 170 valence electrons. The standard InChI is InChI=1S/C24H19F3N2O3S/c1-14-11-18(9-10-20(14)32-13-21(30)31)33-23(15-5-7-17(8-6-15)24(25,26)27)19-4-2-3-16-12-28-29-22(16)19/h2-12,23H,13H2,1H3,(H,28,29)(H,30,31). The van der Waals surface area contributed by atoms with Gasteiger partial charge in [0.2, 0.25) is 0 Å². The fourth-order valence-electron chi connectivity index (χ4n) is 3.50. The Bertz CT molecular complexity index is 1290. The van der Waals surface area contributed by atoms with Crippen molar-refractivity contribution in [2.24, 2.45) is 0 Å². The number of aryl methyl sites for hydroxylation is 1. The molecule has 33 heavy (non-hydrogen) atoms. The average molecular weight is 472 g/mol. The van der Waals surface area contributed by atoms with Crippen LogP contribution in [0.4, 0.5) is 13.2 Å². The Morgan fingerprint density at radius 3 is 2.58 bits per heavy atom. The molecule has 4 aromatic rings. The van der Waals surface area contributed by atoms with Gasteiger partial charge in [0.25, 0.3) is 0 Å². The van der Waals surface area contributed by atoms with Crippen LogP contribution in [0.3, 0.4) is 0 Å². The summed E-state index contributed by atoms with van der Waals surface area (Å²) in [4.78, 5) is 11.6. The Hall–Kier alpha value is -3.46. The molecular weight excluding hydrogens is 453 g/mol. The van der Waals surface area contributed by atoms with Crippen molar-refractivity contribution < 1.29 is 27.8 Å². The molecule has 0 fully saturated rings. The predicted molar refractivity (Wildman–Crippen MR) is 120 cm³/mol. The second-order valence-corrected chi connectivity index (χ2v) is 8.59. The number of carboxylic acids is 1. The number of halogens is 3. The van der Waals surface area contributed by atoms with Crippen molar-refractivity contribution in [2.45, 2.75) is 23.2 Å². The molecule has 0 saturated heterocycles. The minimum absolute atomic E-state index is 0.318. The summed E-state index contributed by atoms with van der Waals surface area (Å²) >= 11 is 1.47. The van der Waals surface area contributed by atoms with Gasteiger partial charge in [-0.05, 0) is 53.9 Å². The number of alkyl halides is 3. The Morgan fingerprint density at radius 2 is 1.91 bits per heavy atom. The van der Waals surface area contributed by atoms with E-state index in [1.807, 2.05) is 31.2 Å². The summed E-state index contributed by atoms with van der Waals surface area (Å²) in [7, 11) is 0. The van der Waals surface area contributed by atoms with E-state index in [4.69, 9.17) is 9.84 Å². The van der Waals surface area contributed by atoms with Gasteiger partial charge in [0.1, 0.15) is 5.75 Å². The lowest BCUT2D eigenvalue weighted by Crippen LogP contribution is -2.10. The van der Waals surface area contributed by atoms with E-state index in [0.717, 1.165) is 39.1 Å². The predicted octanol–water partition coefficient (Wildman–Crippen LogP) is 6.24. The summed E-state index contributed by atoms with van der Waals surface area (Å²) < 4.78 is 44.5. The summed E-state index contributed by atoms with van der Waals surface area (Å²) in [5, 5.41) is 16.5. The number of carboxylic acid groups (broad SMARTS) is 1. The third-order valence-corrected chi connectivity index (χ3v) is 6.37. The number of nitrogens with one attached hydrogen (secondary N) is 1. The fourth-order valence-corrected chi connectivity index (χ4v) is 4.78. The van der Waals surface area contributed by atoms with E-state index in [1.165, 1.54) is 23.9 Å². The van der Waals surface area contributed by atoms with Crippen LogP contribution in [0.1, 0.15) is 27.5 Å². The minimum atomic E-state index is -4.41. The molecule has 1 heterocycles. The van der Waals surface area contributed by atoms with Crippen LogP contribution in [0.5, 0.6) is 5.75 Å². The molecule has 0 aliphatic carbocycles. The van der Waals surface area contributed by atoms with E-state index in [0.29, 0.717) is 11.3 Å². The fraction of sp³-hybridized carbons (Fsp3) is 0.167. The molecule has 0 spiro atoms. The van der Waals surface area contributed by atoms with Gasteiger partial charge in [0, 0.05) is 10.3 Å². The van der Waals surface area contributed by atoms with Crippen molar-refractivity contribution in [3.05, 3.63) is 89.1 Å². The molecule has 2 N–H and O–H groups in total. The quantitative estimate of drug-likeness (QED) is 0.312. The largest absolute Gasteiger partial charge is 0.482 e. The molecule has 5 nitrogen and oxygen atoms in total. The number of nitrogens with zero attached hydrogens (tertiary/aromatic N) is 1. The molecule has 4 rings (SSSR count). The molecule has 0 amide bonds. The Kier molecular flexibility index (Phi) is 6.33. The van der Waals surface area contributed by atoms with Gasteiger partial charge in [0.05, 0.1) is 22.5 Å². The van der Waals surface area contributed by atoms with E-state index >= 15 is 0 Å². The number of aliphatic carboxylic acids is 1. The molecule has 0 saturated carbocycles. The van der Waals surface area contributed by atoms with E-state index in [9.17, 15) is 18.0 Å². The highest BCUT2D eigenvalue weighted by Crippen LogP contribution is 2.44. The van der Waals surface area contributed by atoms with Crippen LogP contribution in [0.2, 0.25) is 0 Å². The van der Waals surface area contributed by atoms with E-state index in [1.54, 1.807) is 18.3 Å². The van der Waals surface area contributed by atoms with Gasteiger partial charge < -0.3 is 9.84 Å². The topological polar surface area (TPSA) is 75.2 Å². The number of benzene rings is 3. The van der Waals surface area contributed by atoms with Gasteiger partial charge in [-0.25, -0.2) is 4.79 Å². The van der Waals surface area contributed by atoms with Crippen molar-refractivity contribution >= 4 is 28.6 Å². The normalized spacial score (nSPS) is 12.6. The molecule has 3 aromatic carbocycles. The average Bonchev–Trinajstić information content (AvgIpc) is 3.25. The van der Waals surface area contributed by atoms with Crippen LogP contribution >= 0.6 is 11.8 Å². The first-order chi connectivity index (χ1) is 15.7. The molecular formula is C24H19F3N2O3S. The molecule has 0 aliphatic heterocycles. The number of H-pyrrole nitrogens is 1. The van der Waals surface area contributed by atoms with Gasteiger partial charge in [-0.15, -0.1) is 11.8 Å². The minimum Gasteiger partial charge on any atom is -0.482 e. The summed E-state index contributed by atoms with van der Waals surface area (Å²) in [6, 6.07) is 16.3. The molecule has 0 radical (unpaired) electrons. The number of thioether (sulfide) groups is 1. The third-order valence-electron chi connectivity index (χ3n) is 5.08. The van der Waals surface area contributed by atoms with Crippen LogP contribution in [0.15, 0.2) is 71.8 Å². The highest BCUT2D eigenvalue weighted by atomic mass is 32.2. The Labute approximate surface area is 191 Å². The lowest BCUT2D eigenvalue weighted by atomic mass is 10.0. The van der Waals surface area contributed by atoms with Gasteiger partial charge in [0.15, 0.2) is 6.61 Å². The number of aromatic nitrogens is 2. The maximum absolute atomic E-state index is 13.1. The highest BCUT2D eigenvalue weighted by Gasteiger charge is 2.30. The van der Waals surface area contributed by atoms with Crippen molar-refractivity contribution in [3.63, 3.8) is 0 Å². The number of hydrogen-bond donors (Lipinski definition) is 2. The SMILES string of the molecule is Cc1cc(SC(c2ccc(C(F)(F)F)cc2)c2cccc3cn[nH]c23)ccc1OCC(=O)O. The summed E-state index contributed by atoms with van der Waals surface area (Å²) in [6.07, 6.45) is -2.71.